The SMILES string of the molecule is CCOP(=O)(OCC)[C@H]1CC=C[C@@H](N2C(=O)CC[C@H]2C(=O)OC(C)C)[C@@H]1C(=O)OC. The zero-order valence-corrected chi connectivity index (χ0v) is 19.1. The number of amides is 1. The van der Waals surface area contributed by atoms with Crippen molar-refractivity contribution in [2.75, 3.05) is 20.3 Å². The summed E-state index contributed by atoms with van der Waals surface area (Å²) < 4.78 is 34.8. The molecule has 170 valence electrons. The highest BCUT2D eigenvalue weighted by atomic mass is 31.2. The van der Waals surface area contributed by atoms with Crippen molar-refractivity contribution in [1.82, 2.24) is 4.90 Å². The van der Waals surface area contributed by atoms with Crippen molar-refractivity contribution >= 4 is 25.4 Å². The predicted molar refractivity (Wildman–Crippen MR) is 109 cm³/mol. The Morgan fingerprint density at radius 2 is 1.83 bits per heavy atom. The Morgan fingerprint density at radius 3 is 2.37 bits per heavy atom. The van der Waals surface area contributed by atoms with Crippen molar-refractivity contribution in [1.29, 1.82) is 0 Å². The third kappa shape index (κ3) is 5.13. The van der Waals surface area contributed by atoms with E-state index in [2.05, 4.69) is 0 Å². The van der Waals surface area contributed by atoms with Crippen LogP contribution in [-0.2, 0) is 37.5 Å². The van der Waals surface area contributed by atoms with Crippen molar-refractivity contribution < 1.29 is 37.5 Å². The van der Waals surface area contributed by atoms with Crippen LogP contribution in [0.25, 0.3) is 0 Å². The van der Waals surface area contributed by atoms with Gasteiger partial charge in [-0.05, 0) is 40.5 Å². The van der Waals surface area contributed by atoms with E-state index >= 15 is 0 Å². The van der Waals surface area contributed by atoms with Gasteiger partial charge in [0.2, 0.25) is 5.91 Å². The van der Waals surface area contributed by atoms with Gasteiger partial charge in [-0.2, -0.15) is 0 Å². The molecule has 1 saturated heterocycles. The average molecular weight is 445 g/mol. The number of esters is 2. The van der Waals surface area contributed by atoms with Crippen LogP contribution < -0.4 is 0 Å². The Balaban J connectivity index is 2.46. The van der Waals surface area contributed by atoms with Crippen LogP contribution in [0.4, 0.5) is 0 Å². The van der Waals surface area contributed by atoms with Crippen LogP contribution in [0.3, 0.4) is 0 Å². The summed E-state index contributed by atoms with van der Waals surface area (Å²) in [5.74, 6) is -2.43. The highest BCUT2D eigenvalue weighted by Crippen LogP contribution is 2.59. The van der Waals surface area contributed by atoms with Gasteiger partial charge in [0, 0.05) is 6.42 Å². The van der Waals surface area contributed by atoms with Crippen LogP contribution in [-0.4, -0.2) is 66.9 Å². The van der Waals surface area contributed by atoms with E-state index in [9.17, 15) is 18.9 Å². The summed E-state index contributed by atoms with van der Waals surface area (Å²) in [6.45, 7) is 7.12. The molecule has 2 rings (SSSR count). The number of rotatable bonds is 9. The molecule has 0 aromatic rings. The maximum atomic E-state index is 13.5. The van der Waals surface area contributed by atoms with Gasteiger partial charge in [0.1, 0.15) is 6.04 Å². The molecule has 30 heavy (non-hydrogen) atoms. The fourth-order valence-corrected chi connectivity index (χ4v) is 6.33. The lowest BCUT2D eigenvalue weighted by Crippen LogP contribution is -2.54. The van der Waals surface area contributed by atoms with Gasteiger partial charge in [-0.3, -0.25) is 14.2 Å². The number of ether oxygens (including phenoxy) is 2. The predicted octanol–water partition coefficient (Wildman–Crippen LogP) is 2.68. The molecular formula is C20H32NO8P. The number of allylic oxidation sites excluding steroid dienone is 1. The minimum atomic E-state index is -3.69. The number of carbonyl (C=O) groups excluding carboxylic acids is 3. The fraction of sp³-hybridized carbons (Fsp3) is 0.750. The van der Waals surface area contributed by atoms with Crippen LogP contribution in [0.2, 0.25) is 0 Å². The maximum absolute atomic E-state index is 13.5. The van der Waals surface area contributed by atoms with Crippen LogP contribution in [0.1, 0.15) is 47.0 Å². The largest absolute Gasteiger partial charge is 0.469 e. The zero-order chi connectivity index (χ0) is 22.5. The summed E-state index contributed by atoms with van der Waals surface area (Å²) in [5, 5.41) is 0. The molecule has 0 saturated carbocycles. The van der Waals surface area contributed by atoms with Crippen molar-refractivity contribution in [3.63, 3.8) is 0 Å². The third-order valence-electron chi connectivity index (χ3n) is 5.19. The van der Waals surface area contributed by atoms with Gasteiger partial charge in [0.15, 0.2) is 0 Å². The molecule has 2 aliphatic rings. The molecule has 1 amide bonds. The number of hydrogen-bond acceptors (Lipinski definition) is 8. The Labute approximate surface area is 177 Å². The standard InChI is InChI=1S/C20H32NO8P/c1-6-27-30(25,28-7-2)16-10-8-9-14(18(16)20(24)26-5)21-15(11-12-17(21)22)19(23)29-13(3)4/h8-9,13-16,18H,6-7,10-12H2,1-5H3/t14-,15+,16+,18+/m1/s1. The second kappa shape index (κ2) is 10.6. The summed E-state index contributed by atoms with van der Waals surface area (Å²) in [6.07, 6.45) is 3.82. The molecule has 1 aliphatic carbocycles. The lowest BCUT2D eigenvalue weighted by molar-refractivity contribution is -0.159. The molecule has 1 heterocycles. The molecule has 0 aromatic heterocycles. The normalized spacial score (nSPS) is 26.9. The zero-order valence-electron chi connectivity index (χ0n) is 18.2. The van der Waals surface area contributed by atoms with Crippen LogP contribution in [0.5, 0.6) is 0 Å². The van der Waals surface area contributed by atoms with Gasteiger partial charge in [-0.15, -0.1) is 0 Å². The number of nitrogens with zero attached hydrogens (tertiary/aromatic N) is 1. The highest BCUT2D eigenvalue weighted by Gasteiger charge is 2.53. The molecule has 0 aromatic carbocycles. The van der Waals surface area contributed by atoms with E-state index in [0.717, 1.165) is 0 Å². The molecule has 1 aliphatic heterocycles. The van der Waals surface area contributed by atoms with Gasteiger partial charge >= 0.3 is 19.5 Å². The molecular weight excluding hydrogens is 413 g/mol. The Kier molecular flexibility index (Phi) is 8.64. The molecule has 0 bridgehead atoms. The van der Waals surface area contributed by atoms with Gasteiger partial charge in [0.05, 0.1) is 44.0 Å². The number of hydrogen-bond donors (Lipinski definition) is 0. The molecule has 10 heteroatoms. The summed E-state index contributed by atoms with van der Waals surface area (Å²) in [4.78, 5) is 39.6. The van der Waals surface area contributed by atoms with Crippen molar-refractivity contribution in [3.05, 3.63) is 12.2 Å². The van der Waals surface area contributed by atoms with Crippen molar-refractivity contribution in [2.45, 2.75) is 70.8 Å². The minimum absolute atomic E-state index is 0.141. The topological polar surface area (TPSA) is 108 Å². The maximum Gasteiger partial charge on any atom is 0.334 e. The van der Waals surface area contributed by atoms with Crippen LogP contribution in [0.15, 0.2) is 12.2 Å². The second-order valence-electron chi connectivity index (χ2n) is 7.49. The van der Waals surface area contributed by atoms with E-state index in [1.807, 2.05) is 0 Å². The smallest absolute Gasteiger partial charge is 0.334 e. The second-order valence-corrected chi connectivity index (χ2v) is 9.75. The van der Waals surface area contributed by atoms with E-state index in [4.69, 9.17) is 18.5 Å². The van der Waals surface area contributed by atoms with E-state index < -0.39 is 43.2 Å². The van der Waals surface area contributed by atoms with E-state index in [-0.39, 0.29) is 38.1 Å². The summed E-state index contributed by atoms with van der Waals surface area (Å²) in [5.41, 5.74) is -0.838. The van der Waals surface area contributed by atoms with Crippen molar-refractivity contribution in [3.8, 4) is 0 Å². The number of methoxy groups -OCH3 is 1. The first-order valence-corrected chi connectivity index (χ1v) is 12.0. The Morgan fingerprint density at radius 1 is 1.20 bits per heavy atom. The molecule has 0 radical (unpaired) electrons. The Bertz CT molecular complexity index is 712. The van der Waals surface area contributed by atoms with Gasteiger partial charge in [-0.1, -0.05) is 12.2 Å². The minimum Gasteiger partial charge on any atom is -0.469 e. The van der Waals surface area contributed by atoms with E-state index in [1.54, 1.807) is 39.8 Å². The molecule has 1 fully saturated rings. The van der Waals surface area contributed by atoms with Crippen molar-refractivity contribution in [2.24, 2.45) is 5.92 Å². The first kappa shape index (κ1) is 24.6. The monoisotopic (exact) mass is 445 g/mol. The van der Waals surface area contributed by atoms with Gasteiger partial charge in [-0.25, -0.2) is 4.79 Å². The van der Waals surface area contributed by atoms with E-state index in [1.165, 1.54) is 12.0 Å². The highest BCUT2D eigenvalue weighted by molar-refractivity contribution is 7.54. The summed E-state index contributed by atoms with van der Waals surface area (Å²) in [7, 11) is -2.45. The average Bonchev–Trinajstić information content (AvgIpc) is 3.08. The Hall–Kier alpha value is -1.70. The number of carbonyl (C=O) groups is 3. The molecule has 0 unspecified atom stereocenters. The summed E-state index contributed by atoms with van der Waals surface area (Å²) in [6, 6.07) is -1.64. The molecule has 0 spiro atoms. The van der Waals surface area contributed by atoms with Gasteiger partial charge < -0.3 is 23.4 Å². The molecule has 0 N–H and O–H groups in total. The summed E-state index contributed by atoms with van der Waals surface area (Å²) >= 11 is 0. The first-order valence-electron chi connectivity index (χ1n) is 10.3. The van der Waals surface area contributed by atoms with Gasteiger partial charge in [0.25, 0.3) is 0 Å². The molecule has 9 nitrogen and oxygen atoms in total. The fourth-order valence-electron chi connectivity index (χ4n) is 4.08. The van der Waals surface area contributed by atoms with E-state index in [0.29, 0.717) is 6.42 Å². The third-order valence-corrected chi connectivity index (χ3v) is 7.77. The number of likely N-dealkylation sites (tertiary alicyclic amines) is 1. The van der Waals surface area contributed by atoms with Crippen LogP contribution >= 0.6 is 7.60 Å². The van der Waals surface area contributed by atoms with Crippen LogP contribution in [0, 0.1) is 5.92 Å². The molecule has 4 atom stereocenters. The quantitative estimate of drug-likeness (QED) is 0.303. The first-order chi connectivity index (χ1) is 14.2. The lowest BCUT2D eigenvalue weighted by atomic mass is 9.87. The lowest BCUT2D eigenvalue weighted by Gasteiger charge is -2.41.